The lowest BCUT2D eigenvalue weighted by atomic mass is 10.1. The van der Waals surface area contributed by atoms with Crippen molar-refractivity contribution >= 4 is 27.8 Å². The third-order valence-electron chi connectivity index (χ3n) is 3.19. The Bertz CT molecular complexity index is 690. The van der Waals surface area contributed by atoms with Gasteiger partial charge in [-0.15, -0.1) is 0 Å². The smallest absolute Gasteiger partial charge is 0.344 e. The zero-order chi connectivity index (χ0) is 17.4. The van der Waals surface area contributed by atoms with Crippen LogP contribution in [-0.4, -0.2) is 25.1 Å². The molecule has 1 atom stereocenters. The van der Waals surface area contributed by atoms with Gasteiger partial charge in [0, 0.05) is 4.47 Å². The van der Waals surface area contributed by atoms with Crippen molar-refractivity contribution in [2.75, 3.05) is 13.2 Å². The number of hydrogen-bond donors (Lipinski definition) is 1. The number of carbonyl (C=O) groups is 2. The van der Waals surface area contributed by atoms with Crippen LogP contribution in [0.5, 0.6) is 5.75 Å². The number of esters is 1. The predicted octanol–water partition coefficient (Wildman–Crippen LogP) is 3.25. The molecule has 0 saturated heterocycles. The SMILES string of the molecule is C[C@H](NC(=O)COC(=O)COc1cccc(Br)c1)c1ccccc1. The van der Waals surface area contributed by atoms with Gasteiger partial charge in [-0.1, -0.05) is 52.3 Å². The average Bonchev–Trinajstić information content (AvgIpc) is 2.59. The highest BCUT2D eigenvalue weighted by Gasteiger charge is 2.12. The quantitative estimate of drug-likeness (QED) is 0.735. The number of nitrogens with one attached hydrogen (secondary N) is 1. The fourth-order valence-corrected chi connectivity index (χ4v) is 2.37. The van der Waals surface area contributed by atoms with E-state index in [0.29, 0.717) is 5.75 Å². The summed E-state index contributed by atoms with van der Waals surface area (Å²) < 4.78 is 11.0. The van der Waals surface area contributed by atoms with Crippen molar-refractivity contribution in [1.82, 2.24) is 5.32 Å². The molecule has 0 bridgehead atoms. The van der Waals surface area contributed by atoms with Gasteiger partial charge in [0.25, 0.3) is 5.91 Å². The zero-order valence-electron chi connectivity index (χ0n) is 13.2. The Balaban J connectivity index is 1.70. The molecule has 2 aromatic rings. The van der Waals surface area contributed by atoms with E-state index in [1.807, 2.05) is 43.3 Å². The van der Waals surface area contributed by atoms with Crippen molar-refractivity contribution in [1.29, 1.82) is 0 Å². The maximum absolute atomic E-state index is 11.8. The molecule has 0 unspecified atom stereocenters. The van der Waals surface area contributed by atoms with Gasteiger partial charge < -0.3 is 14.8 Å². The third-order valence-corrected chi connectivity index (χ3v) is 3.69. The molecule has 126 valence electrons. The van der Waals surface area contributed by atoms with E-state index >= 15 is 0 Å². The molecule has 2 aromatic carbocycles. The number of rotatable bonds is 7. The van der Waals surface area contributed by atoms with Crippen molar-refractivity contribution in [3.05, 3.63) is 64.6 Å². The summed E-state index contributed by atoms with van der Waals surface area (Å²) in [7, 11) is 0. The molecule has 0 fully saturated rings. The fraction of sp³-hybridized carbons (Fsp3) is 0.222. The number of benzene rings is 2. The van der Waals surface area contributed by atoms with Crippen LogP contribution in [0.3, 0.4) is 0 Å². The maximum atomic E-state index is 11.8. The van der Waals surface area contributed by atoms with Gasteiger partial charge in [-0.25, -0.2) is 4.79 Å². The van der Waals surface area contributed by atoms with Crippen molar-refractivity contribution in [3.63, 3.8) is 0 Å². The van der Waals surface area contributed by atoms with Gasteiger partial charge in [0.05, 0.1) is 6.04 Å². The summed E-state index contributed by atoms with van der Waals surface area (Å²) in [5, 5.41) is 2.77. The maximum Gasteiger partial charge on any atom is 0.344 e. The van der Waals surface area contributed by atoms with Crippen LogP contribution >= 0.6 is 15.9 Å². The number of hydrogen-bond acceptors (Lipinski definition) is 4. The summed E-state index contributed by atoms with van der Waals surface area (Å²) in [6, 6.07) is 16.5. The lowest BCUT2D eigenvalue weighted by molar-refractivity contribution is -0.150. The Morgan fingerprint density at radius 1 is 1.08 bits per heavy atom. The van der Waals surface area contributed by atoms with Gasteiger partial charge in [0.2, 0.25) is 0 Å². The van der Waals surface area contributed by atoms with Gasteiger partial charge in [-0.05, 0) is 30.7 Å². The summed E-state index contributed by atoms with van der Waals surface area (Å²) in [5.74, 6) is -0.414. The first-order chi connectivity index (χ1) is 11.5. The molecule has 1 N–H and O–H groups in total. The van der Waals surface area contributed by atoms with E-state index in [1.165, 1.54) is 0 Å². The van der Waals surface area contributed by atoms with Crippen molar-refractivity contribution < 1.29 is 19.1 Å². The average molecular weight is 392 g/mol. The molecule has 0 aliphatic heterocycles. The van der Waals surface area contributed by atoms with Gasteiger partial charge in [0.15, 0.2) is 13.2 Å². The van der Waals surface area contributed by atoms with Gasteiger partial charge in [-0.2, -0.15) is 0 Å². The minimum Gasteiger partial charge on any atom is -0.482 e. The van der Waals surface area contributed by atoms with Crippen LogP contribution in [-0.2, 0) is 14.3 Å². The fourth-order valence-electron chi connectivity index (χ4n) is 1.99. The normalized spacial score (nSPS) is 11.4. The van der Waals surface area contributed by atoms with Crippen LogP contribution < -0.4 is 10.1 Å². The van der Waals surface area contributed by atoms with Crippen molar-refractivity contribution in [2.24, 2.45) is 0 Å². The molecule has 0 aliphatic rings. The number of carbonyl (C=O) groups excluding carboxylic acids is 2. The molecule has 0 spiro atoms. The molecular weight excluding hydrogens is 374 g/mol. The lowest BCUT2D eigenvalue weighted by Crippen LogP contribution is -2.31. The summed E-state index contributed by atoms with van der Waals surface area (Å²) in [6.07, 6.45) is 0. The molecule has 0 radical (unpaired) electrons. The number of ether oxygens (including phenoxy) is 2. The van der Waals surface area contributed by atoms with Crippen LogP contribution in [0.4, 0.5) is 0 Å². The van der Waals surface area contributed by atoms with E-state index in [0.717, 1.165) is 10.0 Å². The minimum absolute atomic E-state index is 0.157. The van der Waals surface area contributed by atoms with E-state index in [4.69, 9.17) is 9.47 Å². The van der Waals surface area contributed by atoms with Gasteiger partial charge in [-0.3, -0.25) is 4.79 Å². The van der Waals surface area contributed by atoms with Crippen LogP contribution in [0.25, 0.3) is 0 Å². The Morgan fingerprint density at radius 2 is 1.83 bits per heavy atom. The van der Waals surface area contributed by atoms with Crippen LogP contribution in [0, 0.1) is 0 Å². The minimum atomic E-state index is -0.600. The van der Waals surface area contributed by atoms with Crippen molar-refractivity contribution in [2.45, 2.75) is 13.0 Å². The summed E-state index contributed by atoms with van der Waals surface area (Å²) >= 11 is 3.31. The highest BCUT2D eigenvalue weighted by molar-refractivity contribution is 9.10. The van der Waals surface area contributed by atoms with E-state index < -0.39 is 5.97 Å². The first-order valence-electron chi connectivity index (χ1n) is 7.43. The molecule has 1 amide bonds. The molecule has 0 aliphatic carbocycles. The Labute approximate surface area is 149 Å². The molecule has 0 aromatic heterocycles. The van der Waals surface area contributed by atoms with E-state index in [9.17, 15) is 9.59 Å². The van der Waals surface area contributed by atoms with Gasteiger partial charge >= 0.3 is 5.97 Å². The first kappa shape index (κ1) is 18.0. The first-order valence-corrected chi connectivity index (χ1v) is 8.22. The Hall–Kier alpha value is -2.34. The number of amides is 1. The summed E-state index contributed by atoms with van der Waals surface area (Å²) in [4.78, 5) is 23.4. The second-order valence-corrected chi connectivity index (χ2v) is 6.02. The van der Waals surface area contributed by atoms with Crippen LogP contribution in [0.15, 0.2) is 59.1 Å². The van der Waals surface area contributed by atoms with Crippen LogP contribution in [0.2, 0.25) is 0 Å². The molecule has 0 saturated carbocycles. The van der Waals surface area contributed by atoms with Gasteiger partial charge in [0.1, 0.15) is 5.75 Å². The summed E-state index contributed by atoms with van der Waals surface area (Å²) in [6.45, 7) is 1.28. The van der Waals surface area contributed by atoms with Crippen LogP contribution in [0.1, 0.15) is 18.5 Å². The Morgan fingerprint density at radius 3 is 2.54 bits per heavy atom. The van der Waals surface area contributed by atoms with Crippen molar-refractivity contribution in [3.8, 4) is 5.75 Å². The summed E-state index contributed by atoms with van der Waals surface area (Å²) in [5.41, 5.74) is 0.982. The molecule has 6 heteroatoms. The standard InChI is InChI=1S/C18H18BrNO4/c1-13(14-6-3-2-4-7-14)20-17(21)11-24-18(22)12-23-16-9-5-8-15(19)10-16/h2-10,13H,11-12H2,1H3,(H,20,21)/t13-/m0/s1. The Kier molecular flexibility index (Phi) is 6.81. The van der Waals surface area contributed by atoms with E-state index in [1.54, 1.807) is 18.2 Å². The molecule has 2 rings (SSSR count). The predicted molar refractivity (Wildman–Crippen MR) is 93.6 cm³/mol. The number of halogens is 1. The van der Waals surface area contributed by atoms with E-state index in [2.05, 4.69) is 21.2 Å². The largest absolute Gasteiger partial charge is 0.482 e. The molecule has 0 heterocycles. The lowest BCUT2D eigenvalue weighted by Gasteiger charge is -2.14. The third kappa shape index (κ3) is 6.04. The topological polar surface area (TPSA) is 64.6 Å². The molecule has 5 nitrogen and oxygen atoms in total. The second kappa shape index (κ2) is 9.08. The van der Waals surface area contributed by atoms with E-state index in [-0.39, 0.29) is 25.2 Å². The molecular formula is C18H18BrNO4. The monoisotopic (exact) mass is 391 g/mol. The highest BCUT2D eigenvalue weighted by atomic mass is 79.9. The second-order valence-electron chi connectivity index (χ2n) is 5.11. The molecule has 24 heavy (non-hydrogen) atoms. The zero-order valence-corrected chi connectivity index (χ0v) is 14.8. The highest BCUT2D eigenvalue weighted by Crippen LogP contribution is 2.17.